The van der Waals surface area contributed by atoms with Gasteiger partial charge in [-0.05, 0) is 43.3 Å². The lowest BCUT2D eigenvalue weighted by molar-refractivity contribution is -0.384. The summed E-state index contributed by atoms with van der Waals surface area (Å²) in [6, 6.07) is 17.2. The highest BCUT2D eigenvalue weighted by atomic mass is 16.6. The molecule has 3 aromatic rings. The third-order valence-corrected chi connectivity index (χ3v) is 3.90. The van der Waals surface area contributed by atoms with Crippen LogP contribution in [-0.2, 0) is 4.79 Å². The van der Waals surface area contributed by atoms with Gasteiger partial charge in [-0.3, -0.25) is 14.9 Å². The Morgan fingerprint density at radius 3 is 2.57 bits per heavy atom. The van der Waals surface area contributed by atoms with Crippen molar-refractivity contribution < 1.29 is 14.5 Å². The normalized spacial score (nSPS) is 10.8. The van der Waals surface area contributed by atoms with Crippen molar-refractivity contribution in [3.05, 3.63) is 88.2 Å². The second-order valence-electron chi connectivity index (χ2n) is 5.97. The van der Waals surface area contributed by atoms with Crippen molar-refractivity contribution in [2.24, 2.45) is 5.10 Å². The average molecular weight is 378 g/mol. The van der Waals surface area contributed by atoms with Crippen molar-refractivity contribution in [1.82, 2.24) is 9.99 Å². The molecule has 1 N–H and O–H groups in total. The molecule has 0 spiro atoms. The molecule has 0 unspecified atom stereocenters. The van der Waals surface area contributed by atoms with Crippen LogP contribution in [0.25, 0.3) is 5.69 Å². The molecule has 0 saturated heterocycles. The van der Waals surface area contributed by atoms with E-state index in [4.69, 9.17) is 4.74 Å². The number of carbonyl (C=O) groups excluding carboxylic acids is 1. The summed E-state index contributed by atoms with van der Waals surface area (Å²) in [4.78, 5) is 22.2. The van der Waals surface area contributed by atoms with Crippen LogP contribution in [0.15, 0.2) is 72.0 Å². The Bertz CT molecular complexity index is 992. The lowest BCUT2D eigenvalue weighted by Crippen LogP contribution is -2.24. The Morgan fingerprint density at radius 2 is 1.89 bits per heavy atom. The van der Waals surface area contributed by atoms with Crippen LogP contribution in [0, 0.1) is 17.0 Å². The molecule has 0 bridgehead atoms. The van der Waals surface area contributed by atoms with Gasteiger partial charge < -0.3 is 9.30 Å². The van der Waals surface area contributed by atoms with Gasteiger partial charge in [0.15, 0.2) is 6.61 Å². The van der Waals surface area contributed by atoms with Crippen LogP contribution in [0.5, 0.6) is 5.75 Å². The van der Waals surface area contributed by atoms with Crippen molar-refractivity contribution in [3.8, 4) is 11.4 Å². The SMILES string of the molecule is Cc1ccc(OCC(=O)NN=Cc2cccn2-c2ccc([N+](=O)[O-])cc2)cc1. The molecule has 3 rings (SSSR count). The molecule has 2 aromatic carbocycles. The fraction of sp³-hybridized carbons (Fsp3) is 0.100. The van der Waals surface area contributed by atoms with E-state index in [1.54, 1.807) is 41.1 Å². The highest BCUT2D eigenvalue weighted by Gasteiger charge is 2.07. The predicted octanol–water partition coefficient (Wildman–Crippen LogP) is 3.22. The first-order valence-corrected chi connectivity index (χ1v) is 8.46. The number of rotatable bonds is 7. The number of nitro groups is 1. The summed E-state index contributed by atoms with van der Waals surface area (Å²) in [7, 11) is 0. The maximum absolute atomic E-state index is 11.8. The number of nitrogens with one attached hydrogen (secondary N) is 1. The molecule has 28 heavy (non-hydrogen) atoms. The van der Waals surface area contributed by atoms with Gasteiger partial charge in [0, 0.05) is 24.0 Å². The van der Waals surface area contributed by atoms with Gasteiger partial charge in [0.2, 0.25) is 0 Å². The summed E-state index contributed by atoms with van der Waals surface area (Å²) in [6.45, 7) is 1.82. The van der Waals surface area contributed by atoms with Crippen LogP contribution in [0.4, 0.5) is 5.69 Å². The fourth-order valence-corrected chi connectivity index (χ4v) is 2.46. The van der Waals surface area contributed by atoms with Crippen LogP contribution in [0.3, 0.4) is 0 Å². The summed E-state index contributed by atoms with van der Waals surface area (Å²) in [5.41, 5.74) is 4.98. The van der Waals surface area contributed by atoms with Crippen LogP contribution in [0.2, 0.25) is 0 Å². The van der Waals surface area contributed by atoms with E-state index >= 15 is 0 Å². The summed E-state index contributed by atoms with van der Waals surface area (Å²) >= 11 is 0. The van der Waals surface area contributed by atoms with E-state index in [0.29, 0.717) is 11.4 Å². The molecule has 0 aliphatic heterocycles. The van der Waals surface area contributed by atoms with Crippen LogP contribution >= 0.6 is 0 Å². The number of hydrogen-bond acceptors (Lipinski definition) is 5. The van der Waals surface area contributed by atoms with Gasteiger partial charge in [0.25, 0.3) is 11.6 Å². The van der Waals surface area contributed by atoms with Crippen molar-refractivity contribution in [3.63, 3.8) is 0 Å². The summed E-state index contributed by atoms with van der Waals surface area (Å²) in [5.74, 6) is 0.224. The van der Waals surface area contributed by atoms with E-state index in [2.05, 4.69) is 10.5 Å². The number of hydrogen-bond donors (Lipinski definition) is 1. The number of nitrogens with zero attached hydrogens (tertiary/aromatic N) is 3. The summed E-state index contributed by atoms with van der Waals surface area (Å²) in [5, 5.41) is 14.7. The number of hydrazone groups is 1. The van der Waals surface area contributed by atoms with Gasteiger partial charge in [-0.1, -0.05) is 17.7 Å². The third kappa shape index (κ3) is 4.82. The van der Waals surface area contributed by atoms with Crippen LogP contribution < -0.4 is 10.2 Å². The molecule has 1 aromatic heterocycles. The number of ether oxygens (including phenoxy) is 1. The smallest absolute Gasteiger partial charge is 0.277 e. The minimum atomic E-state index is -0.448. The standard InChI is InChI=1S/C20H18N4O4/c1-15-4-10-19(11-5-15)28-14-20(25)22-21-13-18-3-2-12-23(18)16-6-8-17(9-7-16)24(26)27/h2-13H,14H2,1H3,(H,22,25). The highest BCUT2D eigenvalue weighted by Crippen LogP contribution is 2.17. The molecule has 142 valence electrons. The Morgan fingerprint density at radius 1 is 1.18 bits per heavy atom. The van der Waals surface area contributed by atoms with Gasteiger partial charge >= 0.3 is 0 Å². The van der Waals surface area contributed by atoms with Crippen molar-refractivity contribution >= 4 is 17.8 Å². The molecule has 0 aliphatic rings. The molecule has 8 nitrogen and oxygen atoms in total. The molecule has 8 heteroatoms. The van der Waals surface area contributed by atoms with Crippen molar-refractivity contribution in [2.75, 3.05) is 6.61 Å². The monoisotopic (exact) mass is 378 g/mol. The first-order valence-electron chi connectivity index (χ1n) is 8.46. The number of aryl methyl sites for hydroxylation is 1. The maximum Gasteiger partial charge on any atom is 0.277 e. The van der Waals surface area contributed by atoms with E-state index in [1.165, 1.54) is 18.3 Å². The second-order valence-corrected chi connectivity index (χ2v) is 5.97. The molecule has 0 radical (unpaired) electrons. The van der Waals surface area contributed by atoms with Crippen LogP contribution in [0.1, 0.15) is 11.3 Å². The number of benzene rings is 2. The number of aromatic nitrogens is 1. The van der Waals surface area contributed by atoms with Gasteiger partial charge in [0.1, 0.15) is 5.75 Å². The van der Waals surface area contributed by atoms with Gasteiger partial charge in [-0.15, -0.1) is 0 Å². The second kappa shape index (κ2) is 8.63. The van der Waals surface area contributed by atoms with Crippen molar-refractivity contribution in [2.45, 2.75) is 6.92 Å². The number of amides is 1. The first kappa shape index (κ1) is 18.8. The van der Waals surface area contributed by atoms with Gasteiger partial charge in [0.05, 0.1) is 16.8 Å². The molecule has 0 atom stereocenters. The Hall–Kier alpha value is -3.94. The lowest BCUT2D eigenvalue weighted by Gasteiger charge is -2.06. The molecule has 1 heterocycles. The van der Waals surface area contributed by atoms with Crippen LogP contribution in [-0.4, -0.2) is 28.2 Å². The molecule has 0 aliphatic carbocycles. The minimum absolute atomic E-state index is 0.0203. The van der Waals surface area contributed by atoms with E-state index in [-0.39, 0.29) is 18.2 Å². The third-order valence-electron chi connectivity index (χ3n) is 3.90. The molecular formula is C20H18N4O4. The quantitative estimate of drug-likeness (QED) is 0.388. The molecular weight excluding hydrogens is 360 g/mol. The van der Waals surface area contributed by atoms with E-state index < -0.39 is 4.92 Å². The summed E-state index contributed by atoms with van der Waals surface area (Å²) in [6.07, 6.45) is 3.29. The Labute approximate surface area is 161 Å². The molecule has 1 amide bonds. The highest BCUT2D eigenvalue weighted by molar-refractivity contribution is 5.82. The molecule has 0 saturated carbocycles. The fourth-order valence-electron chi connectivity index (χ4n) is 2.46. The zero-order valence-corrected chi connectivity index (χ0v) is 15.1. The number of nitro benzene ring substituents is 1. The van der Waals surface area contributed by atoms with E-state index in [9.17, 15) is 14.9 Å². The Kier molecular flexibility index (Phi) is 5.81. The zero-order valence-electron chi connectivity index (χ0n) is 15.1. The first-order chi connectivity index (χ1) is 13.5. The van der Waals surface area contributed by atoms with Gasteiger partial charge in [-0.2, -0.15) is 5.10 Å². The van der Waals surface area contributed by atoms with E-state index in [1.807, 2.05) is 25.1 Å². The topological polar surface area (TPSA) is 98.8 Å². The predicted molar refractivity (Wildman–Crippen MR) is 105 cm³/mol. The van der Waals surface area contributed by atoms with Crippen molar-refractivity contribution in [1.29, 1.82) is 0 Å². The summed E-state index contributed by atoms with van der Waals surface area (Å²) < 4.78 is 7.18. The molecule has 0 fully saturated rings. The lowest BCUT2D eigenvalue weighted by atomic mass is 10.2. The zero-order chi connectivity index (χ0) is 19.9. The van der Waals surface area contributed by atoms with Gasteiger partial charge in [-0.25, -0.2) is 5.43 Å². The average Bonchev–Trinajstić information content (AvgIpc) is 3.16. The largest absolute Gasteiger partial charge is 0.484 e. The number of non-ortho nitro benzene ring substituents is 1. The Balaban J connectivity index is 1.57. The maximum atomic E-state index is 11.8. The minimum Gasteiger partial charge on any atom is -0.484 e. The van der Waals surface area contributed by atoms with E-state index in [0.717, 1.165) is 11.3 Å². The number of carbonyl (C=O) groups is 1.